The van der Waals surface area contributed by atoms with Crippen LogP contribution in [0.5, 0.6) is 0 Å². The van der Waals surface area contributed by atoms with Crippen molar-refractivity contribution >= 4 is 28.9 Å². The maximum Gasteiger partial charge on any atom is 0.276 e. The highest BCUT2D eigenvalue weighted by molar-refractivity contribution is 6.08. The Bertz CT molecular complexity index is 1310. The zero-order valence-corrected chi connectivity index (χ0v) is 20.6. The van der Waals surface area contributed by atoms with E-state index in [1.807, 2.05) is 18.7 Å². The van der Waals surface area contributed by atoms with Gasteiger partial charge in [-0.25, -0.2) is 9.37 Å². The first-order valence-corrected chi connectivity index (χ1v) is 11.9. The molecule has 7 N–H and O–H groups in total. The number of nitrogens with zero attached hydrogens (tertiary/aromatic N) is 3. The number of nitrogens with one attached hydrogen (secondary N) is 2. The standard InChI is InChI=1S/C26H30FN7O3/c1-14(2)31-25(36)15-3-4-19(27)18(9-15)21-6-5-20(29)24(32-21)26(37)33-22-11-30-8-7-23(22)34-12-16(28)10-17(35)13-34/h3-9,11,14,16-17,35H,10,12-13,28-29H2,1-2H3,(H,31,36)(H,33,37)/t16-,17-/m0/s1. The number of hydrogen-bond donors (Lipinski definition) is 5. The fraction of sp³-hybridized carbons (Fsp3) is 0.308. The highest BCUT2D eigenvalue weighted by atomic mass is 19.1. The first-order chi connectivity index (χ1) is 17.6. The van der Waals surface area contributed by atoms with Crippen LogP contribution in [0.3, 0.4) is 0 Å². The van der Waals surface area contributed by atoms with Crippen molar-refractivity contribution in [1.29, 1.82) is 0 Å². The Morgan fingerprint density at radius 1 is 1.16 bits per heavy atom. The quantitative estimate of drug-likeness (QED) is 0.339. The van der Waals surface area contributed by atoms with Gasteiger partial charge in [-0.2, -0.15) is 0 Å². The van der Waals surface area contributed by atoms with Crippen LogP contribution >= 0.6 is 0 Å². The van der Waals surface area contributed by atoms with Crippen molar-refractivity contribution in [2.75, 3.05) is 29.0 Å². The molecule has 1 aliphatic heterocycles. The van der Waals surface area contributed by atoms with Gasteiger partial charge >= 0.3 is 0 Å². The highest BCUT2D eigenvalue weighted by Crippen LogP contribution is 2.29. The third-order valence-electron chi connectivity index (χ3n) is 5.91. The maximum atomic E-state index is 14.7. The molecule has 37 heavy (non-hydrogen) atoms. The van der Waals surface area contributed by atoms with Crippen LogP contribution in [0.25, 0.3) is 11.3 Å². The largest absolute Gasteiger partial charge is 0.397 e. The number of carbonyl (C=O) groups is 2. The third-order valence-corrected chi connectivity index (χ3v) is 5.91. The number of β-amino-alcohol motifs (C(OH)–C–C–N with tert-alkyl or cyclic N) is 1. The van der Waals surface area contributed by atoms with Gasteiger partial charge in [-0.05, 0) is 56.7 Å². The average Bonchev–Trinajstić information content (AvgIpc) is 2.84. The van der Waals surface area contributed by atoms with Gasteiger partial charge in [0, 0.05) is 42.5 Å². The molecular weight excluding hydrogens is 477 g/mol. The first-order valence-electron chi connectivity index (χ1n) is 11.9. The molecule has 0 bridgehead atoms. The van der Waals surface area contributed by atoms with Gasteiger partial charge in [-0.1, -0.05) is 0 Å². The lowest BCUT2D eigenvalue weighted by Gasteiger charge is -2.36. The number of carbonyl (C=O) groups excluding carboxylic acids is 2. The monoisotopic (exact) mass is 507 g/mol. The molecule has 0 saturated carbocycles. The summed E-state index contributed by atoms with van der Waals surface area (Å²) in [5.41, 5.74) is 13.6. The minimum atomic E-state index is -0.621. The number of halogens is 1. The Kier molecular flexibility index (Phi) is 7.65. The number of aliphatic hydroxyl groups excluding tert-OH is 1. The average molecular weight is 508 g/mol. The van der Waals surface area contributed by atoms with Crippen LogP contribution in [0.2, 0.25) is 0 Å². The van der Waals surface area contributed by atoms with E-state index in [1.54, 1.807) is 12.3 Å². The van der Waals surface area contributed by atoms with Gasteiger partial charge in [0.15, 0.2) is 5.69 Å². The number of aromatic nitrogens is 2. The second-order valence-electron chi connectivity index (χ2n) is 9.36. The van der Waals surface area contributed by atoms with E-state index in [2.05, 4.69) is 20.6 Å². The fourth-order valence-corrected chi connectivity index (χ4v) is 4.26. The predicted molar refractivity (Wildman–Crippen MR) is 140 cm³/mol. The Morgan fingerprint density at radius 3 is 2.68 bits per heavy atom. The number of pyridine rings is 2. The van der Waals surface area contributed by atoms with Gasteiger partial charge in [0.1, 0.15) is 5.82 Å². The molecule has 2 amide bonds. The molecule has 1 aromatic carbocycles. The summed E-state index contributed by atoms with van der Waals surface area (Å²) in [7, 11) is 0. The molecule has 2 atom stereocenters. The second-order valence-corrected chi connectivity index (χ2v) is 9.36. The van der Waals surface area contributed by atoms with E-state index in [9.17, 15) is 19.1 Å². The van der Waals surface area contributed by atoms with Gasteiger partial charge in [0.05, 0.1) is 35.1 Å². The van der Waals surface area contributed by atoms with E-state index >= 15 is 0 Å². The summed E-state index contributed by atoms with van der Waals surface area (Å²) < 4.78 is 14.7. The molecule has 1 fully saturated rings. The van der Waals surface area contributed by atoms with Crippen LogP contribution in [-0.2, 0) is 0 Å². The van der Waals surface area contributed by atoms with Crippen molar-refractivity contribution in [3.8, 4) is 11.3 Å². The lowest BCUT2D eigenvalue weighted by atomic mass is 10.0. The topological polar surface area (TPSA) is 159 Å². The van der Waals surface area contributed by atoms with Gasteiger partial charge < -0.3 is 32.1 Å². The summed E-state index contributed by atoms with van der Waals surface area (Å²) >= 11 is 0. The molecule has 0 radical (unpaired) electrons. The van der Waals surface area contributed by atoms with Crippen LogP contribution in [0.15, 0.2) is 48.8 Å². The van der Waals surface area contributed by atoms with Crippen LogP contribution in [0.1, 0.15) is 41.1 Å². The summed E-state index contributed by atoms with van der Waals surface area (Å²) in [6, 6.07) is 8.31. The van der Waals surface area contributed by atoms with Crippen molar-refractivity contribution in [3.05, 3.63) is 65.9 Å². The number of piperidine rings is 1. The molecule has 0 aliphatic carbocycles. The van der Waals surface area contributed by atoms with Crippen LogP contribution in [0, 0.1) is 5.82 Å². The molecule has 10 nitrogen and oxygen atoms in total. The number of benzene rings is 1. The molecule has 1 saturated heterocycles. The van der Waals surface area contributed by atoms with Crippen molar-refractivity contribution < 1.29 is 19.1 Å². The smallest absolute Gasteiger partial charge is 0.276 e. The maximum absolute atomic E-state index is 14.7. The summed E-state index contributed by atoms with van der Waals surface area (Å²) in [6.45, 7) is 4.50. The van der Waals surface area contributed by atoms with E-state index in [0.717, 1.165) is 0 Å². The van der Waals surface area contributed by atoms with Gasteiger partial charge in [-0.15, -0.1) is 0 Å². The van der Waals surface area contributed by atoms with Crippen molar-refractivity contribution in [2.45, 2.75) is 38.5 Å². The lowest BCUT2D eigenvalue weighted by molar-refractivity contribution is 0.0942. The second kappa shape index (κ2) is 10.9. The van der Waals surface area contributed by atoms with Crippen molar-refractivity contribution in [3.63, 3.8) is 0 Å². The molecule has 2 aromatic heterocycles. The van der Waals surface area contributed by atoms with Crippen molar-refractivity contribution in [1.82, 2.24) is 15.3 Å². The molecule has 4 rings (SSSR count). The lowest BCUT2D eigenvalue weighted by Crippen LogP contribution is -2.49. The predicted octanol–water partition coefficient (Wildman–Crippen LogP) is 2.15. The van der Waals surface area contributed by atoms with E-state index in [4.69, 9.17) is 11.5 Å². The molecule has 1 aliphatic rings. The highest BCUT2D eigenvalue weighted by Gasteiger charge is 2.26. The molecule has 0 spiro atoms. The molecule has 3 heterocycles. The number of nitrogen functional groups attached to an aromatic ring is 1. The van der Waals surface area contributed by atoms with E-state index in [-0.39, 0.29) is 46.2 Å². The summed E-state index contributed by atoms with van der Waals surface area (Å²) in [5.74, 6) is -1.57. The molecule has 11 heteroatoms. The Morgan fingerprint density at radius 2 is 1.95 bits per heavy atom. The minimum absolute atomic E-state index is 0.0591. The summed E-state index contributed by atoms with van der Waals surface area (Å²) in [4.78, 5) is 35.9. The Hall–Kier alpha value is -4.09. The Labute approximate surface area is 213 Å². The molecule has 3 aromatic rings. The number of nitrogens with two attached hydrogens (primary N) is 2. The van der Waals surface area contributed by atoms with Gasteiger partial charge in [0.2, 0.25) is 0 Å². The van der Waals surface area contributed by atoms with Crippen LogP contribution in [-0.4, -0.2) is 58.2 Å². The molecule has 0 unspecified atom stereocenters. The van der Waals surface area contributed by atoms with E-state index in [0.29, 0.717) is 30.9 Å². The number of rotatable bonds is 6. The minimum Gasteiger partial charge on any atom is -0.397 e. The van der Waals surface area contributed by atoms with Gasteiger partial charge in [-0.3, -0.25) is 14.6 Å². The number of anilines is 3. The zero-order chi connectivity index (χ0) is 26.7. The number of amides is 2. The van der Waals surface area contributed by atoms with E-state index < -0.39 is 17.8 Å². The number of aliphatic hydroxyl groups is 1. The summed E-state index contributed by atoms with van der Waals surface area (Å²) in [6.07, 6.45) is 2.96. The van der Waals surface area contributed by atoms with Gasteiger partial charge in [0.25, 0.3) is 11.8 Å². The number of hydrogen-bond acceptors (Lipinski definition) is 8. The third kappa shape index (κ3) is 6.01. The normalized spacial score (nSPS) is 17.5. The zero-order valence-electron chi connectivity index (χ0n) is 20.6. The van der Waals surface area contributed by atoms with Crippen LogP contribution in [0.4, 0.5) is 21.5 Å². The molecule has 194 valence electrons. The first kappa shape index (κ1) is 26.0. The SMILES string of the molecule is CC(C)NC(=O)c1ccc(F)c(-c2ccc(N)c(C(=O)Nc3cnccc3N3C[C@@H](N)C[C@H](O)C3)n2)c1. The summed E-state index contributed by atoms with van der Waals surface area (Å²) in [5, 5.41) is 15.7. The Balaban J connectivity index is 1.63. The van der Waals surface area contributed by atoms with Crippen molar-refractivity contribution in [2.24, 2.45) is 5.73 Å². The fourth-order valence-electron chi connectivity index (χ4n) is 4.26. The molecular formula is C26H30FN7O3. The van der Waals surface area contributed by atoms with E-state index in [1.165, 1.54) is 36.5 Å². The van der Waals surface area contributed by atoms with Crippen LogP contribution < -0.4 is 27.0 Å².